The number of amidine groups is 1. The quantitative estimate of drug-likeness (QED) is 0.0158. The fraction of sp³-hybridized carbons (Fsp3) is 0.795. The van der Waals surface area contributed by atoms with Crippen molar-refractivity contribution in [2.75, 3.05) is 0 Å². The Balaban J connectivity index is -0.000000140. The lowest BCUT2D eigenvalue weighted by atomic mass is 10.1. The van der Waals surface area contributed by atoms with Crippen molar-refractivity contribution < 1.29 is 5.21 Å². The van der Waals surface area contributed by atoms with Gasteiger partial charge in [-0.15, -0.1) is 38.0 Å². The smallest absolute Gasteiger partial charge is 0.0943 e. The van der Waals surface area contributed by atoms with Crippen LogP contribution in [0, 0.1) is 28.1 Å². The zero-order valence-electron chi connectivity index (χ0n) is 55.2. The molecule has 6 N–H and O–H groups in total. The minimum absolute atomic E-state index is 0. The van der Waals surface area contributed by atoms with Gasteiger partial charge in [0.05, 0.1) is 30.8 Å². The van der Waals surface area contributed by atoms with E-state index in [1.165, 1.54) is 301 Å². The van der Waals surface area contributed by atoms with Gasteiger partial charge in [0.15, 0.2) is 0 Å². The van der Waals surface area contributed by atoms with Crippen molar-refractivity contribution in [1.29, 1.82) is 15.9 Å². The van der Waals surface area contributed by atoms with Crippen molar-refractivity contribution in [2.45, 2.75) is 375 Å². The van der Waals surface area contributed by atoms with Crippen LogP contribution in [0.25, 0.3) is 0 Å². The summed E-state index contributed by atoms with van der Waals surface area (Å²) in [6.07, 6.45) is 88.6. The van der Waals surface area contributed by atoms with Gasteiger partial charge >= 0.3 is 0 Å². The van der Waals surface area contributed by atoms with E-state index in [0.717, 1.165) is 19.3 Å². The maximum absolute atomic E-state index is 8.36. The highest BCUT2D eigenvalue weighted by molar-refractivity contribution is 5.85. The van der Waals surface area contributed by atoms with Crippen molar-refractivity contribution in [3.05, 3.63) is 73.4 Å². The van der Waals surface area contributed by atoms with Crippen LogP contribution in [0.4, 0.5) is 0 Å². The van der Waals surface area contributed by atoms with E-state index < -0.39 is 0 Å². The minimum Gasteiger partial charge on any atom is -0.387 e. The van der Waals surface area contributed by atoms with Gasteiger partial charge in [0.1, 0.15) is 0 Å². The first-order chi connectivity index (χ1) is 38.8. The number of hydrogen-bond donors (Lipinski definition) is 4. The molecule has 0 spiro atoms. The van der Waals surface area contributed by atoms with Crippen LogP contribution in [0.5, 0.6) is 0 Å². The zero-order chi connectivity index (χ0) is 59.7. The number of unbranched alkanes of at least 4 members (excludes halogenated alkanes) is 44. The normalized spacial score (nSPS) is 10.5. The van der Waals surface area contributed by atoms with E-state index in [-0.39, 0.29) is 30.6 Å². The Hall–Kier alpha value is -2.61. The summed E-state index contributed by atoms with van der Waals surface area (Å²) in [5.41, 5.74) is 6.74. The van der Waals surface area contributed by atoms with E-state index >= 15 is 0 Å². The third-order valence-corrected chi connectivity index (χ3v) is 14.1. The Labute approximate surface area is 521 Å². The minimum atomic E-state index is 0. The van der Waals surface area contributed by atoms with Crippen LogP contribution in [0.1, 0.15) is 375 Å². The molecule has 0 bridgehead atoms. The molecule has 0 heterocycles. The Bertz CT molecular complexity index is 1320. The number of halogens is 2. The van der Waals surface area contributed by atoms with Gasteiger partial charge in [-0.2, -0.15) is 10.5 Å². The highest BCUT2D eigenvalue weighted by Crippen LogP contribution is 2.16. The Morgan fingerprint density at radius 3 is 0.815 bits per heavy atom. The third kappa shape index (κ3) is 121. The molecule has 0 aliphatic rings. The molecule has 8 heteroatoms. The van der Waals surface area contributed by atoms with Crippen molar-refractivity contribution in [3.8, 4) is 12.1 Å². The van der Waals surface area contributed by atoms with Crippen molar-refractivity contribution in [1.82, 2.24) is 0 Å². The fourth-order valence-electron chi connectivity index (χ4n) is 8.88. The van der Waals surface area contributed by atoms with E-state index in [9.17, 15) is 0 Å². The average Bonchev–Trinajstić information content (AvgIpc) is 3.46. The molecule has 0 aliphatic carbocycles. The molecule has 0 rings (SSSR count). The first-order valence-electron chi connectivity index (χ1n) is 33.9. The van der Waals surface area contributed by atoms with Crippen LogP contribution in [0.3, 0.4) is 0 Å². The van der Waals surface area contributed by atoms with Crippen LogP contribution in [0.2, 0.25) is 0 Å². The number of nitrogens with zero attached hydrogens (tertiary/aromatic N) is 2. The average molecular weight is 1180 g/mol. The van der Waals surface area contributed by atoms with Gasteiger partial charge in [0.25, 0.3) is 0 Å². The largest absolute Gasteiger partial charge is 0.387 e. The number of hydrogen-bond acceptors (Lipinski definition) is 5. The summed E-state index contributed by atoms with van der Waals surface area (Å²) in [6, 6.07) is 4.02. The van der Waals surface area contributed by atoms with E-state index in [1.807, 2.05) is 24.3 Å². The zero-order valence-corrected chi connectivity index (χ0v) is 56.8. The molecule has 0 saturated heterocycles. The van der Waals surface area contributed by atoms with E-state index in [0.29, 0.717) is 19.3 Å². The number of nitrogens with two attached hydrogens (primary N) is 2. The number of nitriles is 2. The summed E-state index contributed by atoms with van der Waals surface area (Å²) in [4.78, 5) is 0. The third-order valence-electron chi connectivity index (χ3n) is 14.1. The Kier molecular flexibility index (Phi) is 120. The van der Waals surface area contributed by atoms with Gasteiger partial charge in [-0.3, -0.25) is 5.41 Å². The molecule has 480 valence electrons. The topological polar surface area (TPSA) is 144 Å². The number of nitrogens with one attached hydrogen (secondary N) is 1. The molecule has 81 heavy (non-hydrogen) atoms. The van der Waals surface area contributed by atoms with E-state index in [1.54, 1.807) is 6.08 Å². The standard InChI is InChI=1S/C20H38.C17H34N2.C17H31N.C15H30.C4H5N.2ClH.H3NO/c1-4-6-7-8-9-10-11-12-13-14-15-16-17-18-19-20(3)5-2;1-2-3-4-5-6-7-8-9-10-11-12-13-14-15-16-17(18)19;1-2-3-4-5-6-7-8-9-10-11-12-13-14-15-16-17-18;1-3-5-7-9-11-13-15-14-12-10-8-6-4-2;1-2-3-4-5;;;1-2/h5,17-18H,4,6-16,19H2,1-3H3;14-15H,2-13,16H2,1H3,(H3,18,19);14-15H,2-13,16H2,1H3;3H,1,4-15H2,2H3;2H,1,3H2;2*1H;2H,1H2/b18-17+,20-5+;2*15-14+;;;;;. The molecule has 0 unspecified atom stereocenters. The van der Waals surface area contributed by atoms with Gasteiger partial charge in [-0.05, 0) is 71.6 Å². The predicted octanol–water partition coefficient (Wildman–Crippen LogP) is 26.5. The van der Waals surface area contributed by atoms with E-state index in [4.69, 9.17) is 26.9 Å². The van der Waals surface area contributed by atoms with Crippen LogP contribution in [0.15, 0.2) is 73.4 Å². The summed E-state index contributed by atoms with van der Waals surface area (Å²) >= 11 is 0. The second-order valence-corrected chi connectivity index (χ2v) is 22.1. The van der Waals surface area contributed by atoms with Crippen LogP contribution < -0.4 is 11.6 Å². The van der Waals surface area contributed by atoms with Crippen LogP contribution in [-0.4, -0.2) is 11.0 Å². The van der Waals surface area contributed by atoms with Crippen molar-refractivity contribution in [3.63, 3.8) is 0 Å². The fourth-order valence-corrected chi connectivity index (χ4v) is 8.88. The first kappa shape index (κ1) is 94.8. The molecule has 0 aromatic carbocycles. The Morgan fingerprint density at radius 1 is 0.370 bits per heavy atom. The molecule has 0 fully saturated rings. The van der Waals surface area contributed by atoms with Gasteiger partial charge < -0.3 is 10.9 Å². The molecule has 0 aromatic heterocycles. The molecular formula is C73H143Cl2N5O. The maximum atomic E-state index is 8.36. The second-order valence-electron chi connectivity index (χ2n) is 22.1. The highest BCUT2D eigenvalue weighted by Gasteiger charge is 1.96. The van der Waals surface area contributed by atoms with Crippen molar-refractivity contribution in [2.24, 2.45) is 11.6 Å². The number of allylic oxidation sites excluding steroid dienone is 9. The second kappa shape index (κ2) is 102. The molecule has 0 amide bonds. The molecule has 0 radical (unpaired) electrons. The van der Waals surface area contributed by atoms with Crippen LogP contribution >= 0.6 is 24.8 Å². The molecule has 6 nitrogen and oxygen atoms in total. The lowest BCUT2D eigenvalue weighted by Crippen LogP contribution is -2.06. The predicted molar refractivity (Wildman–Crippen MR) is 374 cm³/mol. The molecule has 0 aromatic rings. The Morgan fingerprint density at radius 2 is 0.605 bits per heavy atom. The summed E-state index contributed by atoms with van der Waals surface area (Å²) < 4.78 is 0. The molecule has 0 atom stereocenters. The van der Waals surface area contributed by atoms with Gasteiger partial charge in [0.2, 0.25) is 0 Å². The van der Waals surface area contributed by atoms with Crippen molar-refractivity contribution >= 4 is 30.6 Å². The van der Waals surface area contributed by atoms with E-state index in [2.05, 4.69) is 97.0 Å². The first-order valence-corrected chi connectivity index (χ1v) is 33.9. The van der Waals surface area contributed by atoms with Gasteiger partial charge in [-0.1, -0.05) is 345 Å². The number of rotatable bonds is 54. The summed E-state index contributed by atoms with van der Waals surface area (Å²) in [6.45, 7) is 20.5. The molecular weight excluding hydrogens is 1030 g/mol. The maximum Gasteiger partial charge on any atom is 0.0943 e. The molecule has 0 saturated carbocycles. The SMILES string of the molecule is C/C=C(\C)C/C=C/CCCCCCCCCCCCC.C=CCC#N.C=CCCCCCCCCCCCCC.CCCCCCCCCCCCC/C=C/CC#N.CCCCCCCCCCCCC/C=C/CC(=N)N.Cl.Cl.NO. The lowest BCUT2D eigenvalue weighted by Gasteiger charge is -2.01. The monoisotopic (exact) mass is 1180 g/mol. The van der Waals surface area contributed by atoms with Gasteiger partial charge in [-0.25, -0.2) is 5.90 Å². The summed E-state index contributed by atoms with van der Waals surface area (Å²) in [5.74, 6) is 3.76. The van der Waals surface area contributed by atoms with Gasteiger partial charge in [0, 0.05) is 6.42 Å². The lowest BCUT2D eigenvalue weighted by molar-refractivity contribution is 0.311. The molecule has 0 aliphatic heterocycles. The summed E-state index contributed by atoms with van der Waals surface area (Å²) in [5, 5.41) is 29.7. The highest BCUT2D eigenvalue weighted by atomic mass is 35.5. The van der Waals surface area contributed by atoms with Crippen LogP contribution in [-0.2, 0) is 0 Å². The summed E-state index contributed by atoms with van der Waals surface area (Å²) in [7, 11) is 0.